The molecular weight excluding hydrogens is 434 g/mol. The van der Waals surface area contributed by atoms with Crippen molar-refractivity contribution >= 4 is 34.4 Å². The van der Waals surface area contributed by atoms with Gasteiger partial charge in [-0.3, -0.25) is 19.7 Å². The van der Waals surface area contributed by atoms with E-state index in [1.165, 1.54) is 24.3 Å². The second-order valence-corrected chi connectivity index (χ2v) is 7.87. The van der Waals surface area contributed by atoms with E-state index in [2.05, 4.69) is 5.32 Å². The zero-order valence-electron chi connectivity index (χ0n) is 19.0. The van der Waals surface area contributed by atoms with Crippen LogP contribution in [0, 0.1) is 24.0 Å². The van der Waals surface area contributed by atoms with Crippen LogP contribution in [0.4, 0.5) is 17.1 Å². The molecule has 172 valence electrons. The van der Waals surface area contributed by atoms with Gasteiger partial charge in [0.1, 0.15) is 11.4 Å². The summed E-state index contributed by atoms with van der Waals surface area (Å²) in [6.45, 7) is 6.13. The third-order valence-electron chi connectivity index (χ3n) is 5.49. The Morgan fingerprint density at radius 2 is 1.62 bits per heavy atom. The van der Waals surface area contributed by atoms with Crippen LogP contribution in [0.5, 0.6) is 5.75 Å². The first-order valence-electron chi connectivity index (χ1n) is 10.7. The van der Waals surface area contributed by atoms with Gasteiger partial charge in [-0.15, -0.1) is 0 Å². The number of imide groups is 1. The number of nitro groups is 1. The average Bonchev–Trinajstić information content (AvgIpc) is 3.06. The van der Waals surface area contributed by atoms with Gasteiger partial charge in [0.2, 0.25) is 0 Å². The predicted molar refractivity (Wildman–Crippen MR) is 130 cm³/mol. The van der Waals surface area contributed by atoms with E-state index in [9.17, 15) is 19.7 Å². The van der Waals surface area contributed by atoms with Crippen LogP contribution in [0.1, 0.15) is 23.6 Å². The van der Waals surface area contributed by atoms with Crippen molar-refractivity contribution in [1.82, 2.24) is 0 Å². The molecule has 1 heterocycles. The van der Waals surface area contributed by atoms with Crippen molar-refractivity contribution < 1.29 is 19.2 Å². The molecule has 0 aliphatic carbocycles. The number of nitrogens with zero attached hydrogens (tertiary/aromatic N) is 2. The molecule has 1 aliphatic heterocycles. The van der Waals surface area contributed by atoms with Gasteiger partial charge in [-0.05, 0) is 79.9 Å². The molecule has 4 rings (SSSR count). The van der Waals surface area contributed by atoms with Crippen LogP contribution in [0.25, 0.3) is 5.57 Å². The average molecular weight is 457 g/mol. The Bertz CT molecular complexity index is 1310. The highest BCUT2D eigenvalue weighted by atomic mass is 16.6. The molecule has 0 atom stereocenters. The molecule has 0 fully saturated rings. The van der Waals surface area contributed by atoms with E-state index in [4.69, 9.17) is 4.74 Å². The standard InChI is InChI=1S/C26H23N3O5/c1-4-34-21-13-9-19(10-14-21)27-24-23(18-7-11-20(12-8-18)29(32)33)25(30)28(26(24)31)22-15-16(2)5-6-17(22)3/h5-15,27H,4H2,1-3H3. The number of carbonyl (C=O) groups is 2. The highest BCUT2D eigenvalue weighted by molar-refractivity contribution is 6.46. The third kappa shape index (κ3) is 4.25. The molecule has 0 saturated carbocycles. The number of hydrogen-bond donors (Lipinski definition) is 1. The van der Waals surface area contributed by atoms with Gasteiger partial charge in [0.05, 0.1) is 22.8 Å². The van der Waals surface area contributed by atoms with E-state index in [1.807, 2.05) is 32.9 Å². The topological polar surface area (TPSA) is 102 Å². The number of rotatable bonds is 7. The normalized spacial score (nSPS) is 13.4. The van der Waals surface area contributed by atoms with Crippen LogP contribution in [0.2, 0.25) is 0 Å². The Labute approximate surface area is 196 Å². The van der Waals surface area contributed by atoms with E-state index in [0.29, 0.717) is 29.3 Å². The Morgan fingerprint density at radius 1 is 0.941 bits per heavy atom. The van der Waals surface area contributed by atoms with E-state index in [1.54, 1.807) is 30.3 Å². The van der Waals surface area contributed by atoms with Crippen molar-refractivity contribution in [3.63, 3.8) is 0 Å². The summed E-state index contributed by atoms with van der Waals surface area (Å²) in [6.07, 6.45) is 0. The largest absolute Gasteiger partial charge is 0.494 e. The lowest BCUT2D eigenvalue weighted by atomic mass is 10.0. The number of aryl methyl sites for hydroxylation is 2. The summed E-state index contributed by atoms with van der Waals surface area (Å²) >= 11 is 0. The molecule has 2 amide bonds. The zero-order chi connectivity index (χ0) is 24.4. The molecule has 3 aromatic rings. The zero-order valence-corrected chi connectivity index (χ0v) is 19.0. The fourth-order valence-corrected chi connectivity index (χ4v) is 3.79. The summed E-state index contributed by atoms with van der Waals surface area (Å²) < 4.78 is 5.47. The number of nitro benzene ring substituents is 1. The van der Waals surface area contributed by atoms with Crippen molar-refractivity contribution in [3.05, 3.63) is 99.2 Å². The number of ether oxygens (including phenoxy) is 1. The fraction of sp³-hybridized carbons (Fsp3) is 0.154. The molecule has 0 unspecified atom stereocenters. The van der Waals surface area contributed by atoms with E-state index in [0.717, 1.165) is 16.0 Å². The maximum absolute atomic E-state index is 13.6. The summed E-state index contributed by atoms with van der Waals surface area (Å²) in [5.74, 6) is -0.314. The van der Waals surface area contributed by atoms with Crippen molar-refractivity contribution in [2.24, 2.45) is 0 Å². The van der Waals surface area contributed by atoms with E-state index in [-0.39, 0.29) is 17.0 Å². The molecule has 0 aromatic heterocycles. The summed E-state index contributed by atoms with van der Waals surface area (Å²) in [4.78, 5) is 38.9. The minimum atomic E-state index is -0.513. The molecule has 8 heteroatoms. The second kappa shape index (κ2) is 9.19. The number of hydrogen-bond acceptors (Lipinski definition) is 6. The Morgan fingerprint density at radius 3 is 2.24 bits per heavy atom. The quantitative estimate of drug-likeness (QED) is 0.304. The summed E-state index contributed by atoms with van der Waals surface area (Å²) in [5, 5.41) is 14.2. The molecule has 0 saturated heterocycles. The molecule has 0 bridgehead atoms. The number of amides is 2. The Balaban J connectivity index is 1.80. The Hall–Kier alpha value is -4.46. The highest BCUT2D eigenvalue weighted by Gasteiger charge is 2.41. The summed E-state index contributed by atoms with van der Waals surface area (Å²) in [6, 6.07) is 18.2. The van der Waals surface area contributed by atoms with Crippen molar-refractivity contribution in [1.29, 1.82) is 0 Å². The van der Waals surface area contributed by atoms with Gasteiger partial charge >= 0.3 is 0 Å². The number of non-ortho nitro benzene ring substituents is 1. The van der Waals surface area contributed by atoms with Crippen LogP contribution in [-0.4, -0.2) is 23.3 Å². The molecule has 0 spiro atoms. The second-order valence-electron chi connectivity index (χ2n) is 7.87. The molecular formula is C26H23N3O5. The van der Waals surface area contributed by atoms with Gasteiger partial charge < -0.3 is 10.1 Å². The highest BCUT2D eigenvalue weighted by Crippen LogP contribution is 2.36. The molecule has 1 N–H and O–H groups in total. The lowest BCUT2D eigenvalue weighted by molar-refractivity contribution is -0.384. The molecule has 3 aromatic carbocycles. The van der Waals surface area contributed by atoms with Gasteiger partial charge in [-0.25, -0.2) is 4.90 Å². The van der Waals surface area contributed by atoms with Gasteiger partial charge in [-0.2, -0.15) is 0 Å². The minimum Gasteiger partial charge on any atom is -0.494 e. The van der Waals surface area contributed by atoms with E-state index < -0.39 is 16.7 Å². The third-order valence-corrected chi connectivity index (χ3v) is 5.49. The van der Waals surface area contributed by atoms with Crippen LogP contribution >= 0.6 is 0 Å². The maximum atomic E-state index is 13.6. The smallest absolute Gasteiger partial charge is 0.282 e. The lowest BCUT2D eigenvalue weighted by Gasteiger charge is -2.18. The first-order valence-corrected chi connectivity index (χ1v) is 10.7. The van der Waals surface area contributed by atoms with Gasteiger partial charge in [-0.1, -0.05) is 12.1 Å². The van der Waals surface area contributed by atoms with Crippen molar-refractivity contribution in [2.45, 2.75) is 20.8 Å². The van der Waals surface area contributed by atoms with Crippen molar-refractivity contribution in [2.75, 3.05) is 16.8 Å². The molecule has 8 nitrogen and oxygen atoms in total. The van der Waals surface area contributed by atoms with Gasteiger partial charge in [0, 0.05) is 17.8 Å². The summed E-state index contributed by atoms with van der Waals surface area (Å²) in [7, 11) is 0. The Kier molecular flexibility index (Phi) is 6.14. The monoisotopic (exact) mass is 457 g/mol. The molecule has 34 heavy (non-hydrogen) atoms. The van der Waals surface area contributed by atoms with Crippen LogP contribution in [0.3, 0.4) is 0 Å². The van der Waals surface area contributed by atoms with Crippen molar-refractivity contribution in [3.8, 4) is 5.75 Å². The van der Waals surface area contributed by atoms with Crippen LogP contribution < -0.4 is 15.0 Å². The number of benzene rings is 3. The minimum absolute atomic E-state index is 0.101. The fourth-order valence-electron chi connectivity index (χ4n) is 3.79. The molecule has 1 aliphatic rings. The summed E-state index contributed by atoms with van der Waals surface area (Å²) in [5.41, 5.74) is 3.33. The van der Waals surface area contributed by atoms with E-state index >= 15 is 0 Å². The maximum Gasteiger partial charge on any atom is 0.282 e. The first kappa shape index (κ1) is 22.7. The van der Waals surface area contributed by atoms with Crippen LogP contribution in [0.15, 0.2) is 72.4 Å². The van der Waals surface area contributed by atoms with Gasteiger partial charge in [0.25, 0.3) is 17.5 Å². The lowest BCUT2D eigenvalue weighted by Crippen LogP contribution is -2.33. The van der Waals surface area contributed by atoms with Crippen LogP contribution in [-0.2, 0) is 9.59 Å². The molecule has 0 radical (unpaired) electrons. The number of anilines is 2. The SMILES string of the molecule is CCOc1ccc(NC2=C(c3ccc([N+](=O)[O-])cc3)C(=O)N(c3cc(C)ccc3C)C2=O)cc1. The number of carbonyl (C=O) groups excluding carboxylic acids is 2. The number of nitrogens with one attached hydrogen (secondary N) is 1. The van der Waals surface area contributed by atoms with Gasteiger partial charge in [0.15, 0.2) is 0 Å². The predicted octanol–water partition coefficient (Wildman–Crippen LogP) is 5.01. The first-order chi connectivity index (χ1) is 16.3.